The summed E-state index contributed by atoms with van der Waals surface area (Å²) in [5, 5.41) is 6.98. The minimum atomic E-state index is -3.66. The van der Waals surface area contributed by atoms with Gasteiger partial charge in [0, 0.05) is 0 Å². The van der Waals surface area contributed by atoms with Gasteiger partial charge in [-0.05, 0) is 40.1 Å². The molecule has 4 heteroatoms. The summed E-state index contributed by atoms with van der Waals surface area (Å²) in [4.78, 5) is 0.137. The minimum absolute atomic E-state index is 0.137. The molecule has 0 amide bonds. The first kappa shape index (κ1) is 12.8. The molecule has 0 fully saturated rings. The molecule has 0 bridgehead atoms. The van der Waals surface area contributed by atoms with Gasteiger partial charge in [0.15, 0.2) is 0 Å². The Labute approximate surface area is 117 Å². The number of rotatable bonds is 2. The summed E-state index contributed by atoms with van der Waals surface area (Å²) in [6.45, 7) is 0. The predicted molar refractivity (Wildman–Crippen MR) is 80.8 cm³/mol. The summed E-state index contributed by atoms with van der Waals surface area (Å²) in [6.07, 6.45) is 0. The first-order valence-corrected chi connectivity index (χ1v) is 7.71. The van der Waals surface area contributed by atoms with E-state index in [1.807, 2.05) is 48.5 Å². The SMILES string of the molecule is NS(=O)(=O)c1ccc2cc(-c3ccccc3)ccc2c1. The van der Waals surface area contributed by atoms with Gasteiger partial charge in [-0.2, -0.15) is 0 Å². The van der Waals surface area contributed by atoms with E-state index in [2.05, 4.69) is 0 Å². The van der Waals surface area contributed by atoms with Crippen LogP contribution in [0.5, 0.6) is 0 Å². The second kappa shape index (κ2) is 4.74. The topological polar surface area (TPSA) is 60.2 Å². The fourth-order valence-electron chi connectivity index (χ4n) is 2.21. The van der Waals surface area contributed by atoms with E-state index < -0.39 is 10.0 Å². The Balaban J connectivity index is 2.14. The van der Waals surface area contributed by atoms with E-state index >= 15 is 0 Å². The van der Waals surface area contributed by atoms with Gasteiger partial charge in [-0.15, -0.1) is 0 Å². The molecular formula is C16H13NO2S. The highest BCUT2D eigenvalue weighted by Crippen LogP contribution is 2.25. The summed E-state index contributed by atoms with van der Waals surface area (Å²) >= 11 is 0. The number of nitrogens with two attached hydrogens (primary N) is 1. The second-order valence-corrected chi connectivity index (χ2v) is 6.20. The summed E-state index contributed by atoms with van der Waals surface area (Å²) in [5.74, 6) is 0. The Morgan fingerprint density at radius 1 is 0.700 bits per heavy atom. The van der Waals surface area contributed by atoms with Crippen molar-refractivity contribution in [3.63, 3.8) is 0 Å². The quantitative estimate of drug-likeness (QED) is 0.785. The fraction of sp³-hybridized carbons (Fsp3) is 0. The third-order valence-corrected chi connectivity index (χ3v) is 4.16. The lowest BCUT2D eigenvalue weighted by Gasteiger charge is -2.05. The van der Waals surface area contributed by atoms with E-state index in [4.69, 9.17) is 5.14 Å². The lowest BCUT2D eigenvalue weighted by Crippen LogP contribution is -2.11. The lowest BCUT2D eigenvalue weighted by atomic mass is 10.0. The molecule has 2 N–H and O–H groups in total. The molecule has 0 aliphatic rings. The highest BCUT2D eigenvalue weighted by molar-refractivity contribution is 7.89. The zero-order valence-corrected chi connectivity index (χ0v) is 11.5. The van der Waals surface area contributed by atoms with Crippen LogP contribution in [0.2, 0.25) is 0 Å². The highest BCUT2D eigenvalue weighted by Gasteiger charge is 2.08. The molecule has 0 radical (unpaired) electrons. The second-order valence-electron chi connectivity index (χ2n) is 4.63. The van der Waals surface area contributed by atoms with Gasteiger partial charge in [-0.1, -0.05) is 48.5 Å². The molecule has 0 aliphatic carbocycles. The van der Waals surface area contributed by atoms with Crippen LogP contribution in [0.1, 0.15) is 0 Å². The average molecular weight is 283 g/mol. The van der Waals surface area contributed by atoms with Gasteiger partial charge in [-0.3, -0.25) is 0 Å². The number of primary sulfonamides is 1. The Morgan fingerprint density at radius 2 is 1.35 bits per heavy atom. The van der Waals surface area contributed by atoms with E-state index in [1.165, 1.54) is 6.07 Å². The normalized spacial score (nSPS) is 11.7. The van der Waals surface area contributed by atoms with E-state index in [0.717, 1.165) is 21.9 Å². The van der Waals surface area contributed by atoms with Crippen molar-refractivity contribution >= 4 is 20.8 Å². The van der Waals surface area contributed by atoms with E-state index in [1.54, 1.807) is 12.1 Å². The van der Waals surface area contributed by atoms with Crippen molar-refractivity contribution in [3.8, 4) is 11.1 Å². The third-order valence-electron chi connectivity index (χ3n) is 3.25. The van der Waals surface area contributed by atoms with Crippen molar-refractivity contribution in [2.24, 2.45) is 5.14 Å². The van der Waals surface area contributed by atoms with Crippen LogP contribution in [-0.2, 0) is 10.0 Å². The highest BCUT2D eigenvalue weighted by atomic mass is 32.2. The van der Waals surface area contributed by atoms with Crippen LogP contribution in [-0.4, -0.2) is 8.42 Å². The average Bonchev–Trinajstić information content (AvgIpc) is 2.46. The number of benzene rings is 3. The van der Waals surface area contributed by atoms with E-state index in [9.17, 15) is 8.42 Å². The Bertz CT molecular complexity index is 871. The Kier molecular flexibility index (Phi) is 3.04. The molecule has 3 rings (SSSR count). The number of sulfonamides is 1. The van der Waals surface area contributed by atoms with E-state index in [0.29, 0.717) is 0 Å². The van der Waals surface area contributed by atoms with Gasteiger partial charge in [0.2, 0.25) is 10.0 Å². The minimum Gasteiger partial charge on any atom is -0.225 e. The molecule has 0 spiro atoms. The molecule has 20 heavy (non-hydrogen) atoms. The molecule has 0 saturated carbocycles. The summed E-state index contributed by atoms with van der Waals surface area (Å²) in [6, 6.07) is 20.9. The molecule has 3 aromatic carbocycles. The Morgan fingerprint density at radius 3 is 2.05 bits per heavy atom. The lowest BCUT2D eigenvalue weighted by molar-refractivity contribution is 0.598. The smallest absolute Gasteiger partial charge is 0.225 e. The van der Waals surface area contributed by atoms with Crippen LogP contribution < -0.4 is 5.14 Å². The number of hydrogen-bond acceptors (Lipinski definition) is 2. The van der Waals surface area contributed by atoms with Gasteiger partial charge in [0.25, 0.3) is 0 Å². The number of hydrogen-bond donors (Lipinski definition) is 1. The van der Waals surface area contributed by atoms with Gasteiger partial charge in [-0.25, -0.2) is 13.6 Å². The van der Waals surface area contributed by atoms with E-state index in [-0.39, 0.29) is 4.90 Å². The van der Waals surface area contributed by atoms with Crippen LogP contribution in [0.15, 0.2) is 71.6 Å². The van der Waals surface area contributed by atoms with Crippen molar-refractivity contribution in [1.29, 1.82) is 0 Å². The Hall–Kier alpha value is -2.17. The largest absolute Gasteiger partial charge is 0.238 e. The van der Waals surface area contributed by atoms with Crippen LogP contribution in [0.4, 0.5) is 0 Å². The molecule has 3 aromatic rings. The van der Waals surface area contributed by atoms with Crippen LogP contribution in [0.3, 0.4) is 0 Å². The van der Waals surface area contributed by atoms with Gasteiger partial charge in [0.1, 0.15) is 0 Å². The van der Waals surface area contributed by atoms with Crippen molar-refractivity contribution in [2.75, 3.05) is 0 Å². The molecule has 0 aromatic heterocycles. The van der Waals surface area contributed by atoms with Crippen molar-refractivity contribution in [3.05, 3.63) is 66.7 Å². The molecule has 0 atom stereocenters. The molecular weight excluding hydrogens is 270 g/mol. The zero-order valence-electron chi connectivity index (χ0n) is 10.7. The fourth-order valence-corrected chi connectivity index (χ4v) is 2.76. The zero-order chi connectivity index (χ0) is 14.2. The maximum absolute atomic E-state index is 11.3. The first-order chi connectivity index (χ1) is 9.54. The predicted octanol–water partition coefficient (Wildman–Crippen LogP) is 3.15. The number of fused-ring (bicyclic) bond motifs is 1. The van der Waals surface area contributed by atoms with Crippen molar-refractivity contribution in [1.82, 2.24) is 0 Å². The summed E-state index contributed by atoms with van der Waals surface area (Å²) in [5.41, 5.74) is 2.23. The van der Waals surface area contributed by atoms with Crippen molar-refractivity contribution < 1.29 is 8.42 Å². The van der Waals surface area contributed by atoms with Gasteiger partial charge in [0.05, 0.1) is 4.90 Å². The standard InChI is InChI=1S/C16H13NO2S/c17-20(18,19)16-9-8-14-10-13(6-7-15(14)11-16)12-4-2-1-3-5-12/h1-11H,(H2,17,18,19). The van der Waals surface area contributed by atoms with Crippen LogP contribution in [0, 0.1) is 0 Å². The monoisotopic (exact) mass is 283 g/mol. The maximum Gasteiger partial charge on any atom is 0.238 e. The van der Waals surface area contributed by atoms with Crippen LogP contribution in [0.25, 0.3) is 21.9 Å². The molecule has 100 valence electrons. The van der Waals surface area contributed by atoms with Gasteiger partial charge >= 0.3 is 0 Å². The van der Waals surface area contributed by atoms with Crippen molar-refractivity contribution in [2.45, 2.75) is 4.90 Å². The molecule has 0 unspecified atom stereocenters. The molecule has 0 heterocycles. The summed E-state index contributed by atoms with van der Waals surface area (Å²) < 4.78 is 22.7. The van der Waals surface area contributed by atoms with Crippen LogP contribution >= 0.6 is 0 Å². The third kappa shape index (κ3) is 2.43. The molecule has 0 saturated heterocycles. The molecule has 0 aliphatic heterocycles. The van der Waals surface area contributed by atoms with Gasteiger partial charge < -0.3 is 0 Å². The first-order valence-electron chi connectivity index (χ1n) is 6.16. The summed E-state index contributed by atoms with van der Waals surface area (Å²) in [7, 11) is -3.66. The maximum atomic E-state index is 11.3. The molecule has 3 nitrogen and oxygen atoms in total.